The second-order valence-electron chi connectivity index (χ2n) is 5.61. The predicted octanol–water partition coefficient (Wildman–Crippen LogP) is 4.03. The van der Waals surface area contributed by atoms with Crippen LogP contribution in [0.2, 0.25) is 0 Å². The van der Waals surface area contributed by atoms with Crippen LogP contribution in [0, 0.1) is 0 Å². The van der Waals surface area contributed by atoms with Crippen LogP contribution >= 0.6 is 0 Å². The van der Waals surface area contributed by atoms with Crippen LogP contribution in [0.15, 0.2) is 18.2 Å². The van der Waals surface area contributed by atoms with E-state index in [0.29, 0.717) is 17.5 Å². The van der Waals surface area contributed by atoms with Crippen molar-refractivity contribution in [3.63, 3.8) is 0 Å². The molecule has 0 heterocycles. The number of aryl methyl sites for hydroxylation is 1. The van der Waals surface area contributed by atoms with Gasteiger partial charge in [0.25, 0.3) is 0 Å². The molecule has 0 amide bonds. The minimum Gasteiger partial charge on any atom is -0.460 e. The average molecular weight is 304 g/mol. The van der Waals surface area contributed by atoms with Gasteiger partial charge >= 0.3 is 12.3 Å². The quantitative estimate of drug-likeness (QED) is 0.788. The summed E-state index contributed by atoms with van der Waals surface area (Å²) in [6, 6.07) is 4.20. The molecule has 0 radical (unpaired) electrons. The summed E-state index contributed by atoms with van der Waals surface area (Å²) in [5, 5.41) is 0. The van der Waals surface area contributed by atoms with Gasteiger partial charge in [0, 0.05) is 0 Å². The van der Waals surface area contributed by atoms with Crippen molar-refractivity contribution in [3.8, 4) is 5.75 Å². The van der Waals surface area contributed by atoms with Crippen LogP contribution in [0.5, 0.6) is 5.75 Å². The molecule has 0 bridgehead atoms. The first-order valence-corrected chi connectivity index (χ1v) is 6.59. The van der Waals surface area contributed by atoms with Crippen molar-refractivity contribution in [1.82, 2.24) is 0 Å². The Morgan fingerprint density at radius 3 is 2.29 bits per heavy atom. The van der Waals surface area contributed by atoms with E-state index in [2.05, 4.69) is 4.74 Å². The molecule has 1 aromatic carbocycles. The highest BCUT2D eigenvalue weighted by molar-refractivity contribution is 5.73. The predicted molar refractivity (Wildman–Crippen MR) is 72.1 cm³/mol. The van der Waals surface area contributed by atoms with Crippen molar-refractivity contribution in [2.75, 3.05) is 0 Å². The summed E-state index contributed by atoms with van der Waals surface area (Å²) < 4.78 is 45.9. The standard InChI is InChI=1S/C15H19F3O3/c1-5-11-8-10(9-13(19)21-14(2,3)4)6-7-12(11)20-15(16,17)18/h6-8H,5,9H2,1-4H3. The number of hydrogen-bond donors (Lipinski definition) is 0. The van der Waals surface area contributed by atoms with E-state index in [1.807, 2.05) is 0 Å². The van der Waals surface area contributed by atoms with Gasteiger partial charge in [-0.1, -0.05) is 19.1 Å². The SMILES string of the molecule is CCc1cc(CC(=O)OC(C)(C)C)ccc1OC(F)(F)F. The summed E-state index contributed by atoms with van der Waals surface area (Å²) in [6.45, 7) is 6.98. The lowest BCUT2D eigenvalue weighted by Crippen LogP contribution is -2.25. The molecule has 0 saturated heterocycles. The minimum atomic E-state index is -4.73. The molecule has 6 heteroatoms. The van der Waals surface area contributed by atoms with Gasteiger partial charge in [0.2, 0.25) is 0 Å². The maximum absolute atomic E-state index is 12.3. The molecule has 0 unspecified atom stereocenters. The smallest absolute Gasteiger partial charge is 0.460 e. The Balaban J connectivity index is 2.85. The van der Waals surface area contributed by atoms with Gasteiger partial charge in [-0.25, -0.2) is 0 Å². The molecule has 21 heavy (non-hydrogen) atoms. The molecule has 0 aliphatic carbocycles. The zero-order valence-electron chi connectivity index (χ0n) is 12.5. The molecule has 0 atom stereocenters. The van der Waals surface area contributed by atoms with Crippen molar-refractivity contribution in [3.05, 3.63) is 29.3 Å². The van der Waals surface area contributed by atoms with E-state index in [9.17, 15) is 18.0 Å². The summed E-state index contributed by atoms with van der Waals surface area (Å²) in [6.07, 6.45) is -4.35. The highest BCUT2D eigenvalue weighted by atomic mass is 19.4. The number of rotatable bonds is 4. The molecule has 0 aromatic heterocycles. The van der Waals surface area contributed by atoms with Gasteiger partial charge in [0.1, 0.15) is 11.4 Å². The molecule has 0 aliphatic rings. The number of esters is 1. The number of carbonyl (C=O) groups excluding carboxylic acids is 1. The van der Waals surface area contributed by atoms with E-state index in [1.54, 1.807) is 27.7 Å². The van der Waals surface area contributed by atoms with Crippen molar-refractivity contribution in [2.45, 2.75) is 52.5 Å². The number of halogens is 3. The molecule has 0 saturated carbocycles. The normalized spacial score (nSPS) is 12.1. The number of hydrogen-bond acceptors (Lipinski definition) is 3. The van der Waals surface area contributed by atoms with Crippen LogP contribution in [0.3, 0.4) is 0 Å². The van der Waals surface area contributed by atoms with Gasteiger partial charge in [0.15, 0.2) is 0 Å². The maximum Gasteiger partial charge on any atom is 0.573 e. The summed E-state index contributed by atoms with van der Waals surface area (Å²) in [5.41, 5.74) is 0.397. The van der Waals surface area contributed by atoms with Gasteiger partial charge in [0.05, 0.1) is 6.42 Å². The van der Waals surface area contributed by atoms with Crippen LogP contribution in [0.4, 0.5) is 13.2 Å². The van der Waals surface area contributed by atoms with Crippen molar-refractivity contribution in [2.24, 2.45) is 0 Å². The van der Waals surface area contributed by atoms with Gasteiger partial charge in [-0.3, -0.25) is 4.79 Å². The summed E-state index contributed by atoms with van der Waals surface area (Å²) in [7, 11) is 0. The zero-order valence-corrected chi connectivity index (χ0v) is 12.5. The monoisotopic (exact) mass is 304 g/mol. The molecular formula is C15H19F3O3. The topological polar surface area (TPSA) is 35.5 Å². The van der Waals surface area contributed by atoms with Crippen molar-refractivity contribution < 1.29 is 27.4 Å². The largest absolute Gasteiger partial charge is 0.573 e. The minimum absolute atomic E-state index is 0.0105. The van der Waals surface area contributed by atoms with Gasteiger partial charge in [-0.05, 0) is 44.4 Å². The zero-order chi connectivity index (χ0) is 16.3. The number of carbonyl (C=O) groups is 1. The average Bonchev–Trinajstić information content (AvgIpc) is 2.26. The highest BCUT2D eigenvalue weighted by Gasteiger charge is 2.32. The lowest BCUT2D eigenvalue weighted by atomic mass is 10.1. The first kappa shape index (κ1) is 17.3. The number of alkyl halides is 3. The highest BCUT2D eigenvalue weighted by Crippen LogP contribution is 2.28. The fraction of sp³-hybridized carbons (Fsp3) is 0.533. The Hall–Kier alpha value is -1.72. The maximum atomic E-state index is 12.3. The summed E-state index contributed by atoms with van der Waals surface area (Å²) in [4.78, 5) is 11.7. The first-order valence-electron chi connectivity index (χ1n) is 6.59. The molecule has 0 aliphatic heterocycles. The molecule has 0 fully saturated rings. The fourth-order valence-electron chi connectivity index (χ4n) is 1.79. The second-order valence-corrected chi connectivity index (χ2v) is 5.61. The van der Waals surface area contributed by atoms with E-state index in [-0.39, 0.29) is 12.2 Å². The van der Waals surface area contributed by atoms with Crippen LogP contribution < -0.4 is 4.74 Å². The van der Waals surface area contributed by atoms with Gasteiger partial charge in [-0.2, -0.15) is 0 Å². The van der Waals surface area contributed by atoms with E-state index in [0.717, 1.165) is 0 Å². The van der Waals surface area contributed by atoms with Crippen molar-refractivity contribution >= 4 is 5.97 Å². The lowest BCUT2D eigenvalue weighted by molar-refractivity contribution is -0.274. The molecular weight excluding hydrogens is 285 g/mol. The molecule has 1 rings (SSSR count). The third-order valence-corrected chi connectivity index (χ3v) is 2.50. The fourth-order valence-corrected chi connectivity index (χ4v) is 1.79. The van der Waals surface area contributed by atoms with Crippen LogP contribution in [0.25, 0.3) is 0 Å². The van der Waals surface area contributed by atoms with Crippen LogP contribution in [-0.4, -0.2) is 17.9 Å². The first-order chi connectivity index (χ1) is 9.50. The van der Waals surface area contributed by atoms with Crippen molar-refractivity contribution in [1.29, 1.82) is 0 Å². The molecule has 3 nitrogen and oxygen atoms in total. The third kappa shape index (κ3) is 6.51. The summed E-state index contributed by atoms with van der Waals surface area (Å²) >= 11 is 0. The summed E-state index contributed by atoms with van der Waals surface area (Å²) in [5.74, 6) is -0.660. The van der Waals surface area contributed by atoms with Crippen LogP contribution in [-0.2, 0) is 22.4 Å². The Morgan fingerprint density at radius 1 is 1.19 bits per heavy atom. The van der Waals surface area contributed by atoms with E-state index >= 15 is 0 Å². The Bertz CT molecular complexity index is 502. The molecule has 0 spiro atoms. The molecule has 1 aromatic rings. The Kier molecular flexibility index (Phi) is 5.25. The molecule has 118 valence electrons. The number of benzene rings is 1. The molecule has 0 N–H and O–H groups in total. The van der Waals surface area contributed by atoms with Gasteiger partial charge in [-0.15, -0.1) is 13.2 Å². The van der Waals surface area contributed by atoms with Crippen LogP contribution in [0.1, 0.15) is 38.8 Å². The third-order valence-electron chi connectivity index (χ3n) is 2.50. The van der Waals surface area contributed by atoms with E-state index in [4.69, 9.17) is 4.74 Å². The lowest BCUT2D eigenvalue weighted by Gasteiger charge is -2.19. The Labute approximate surface area is 122 Å². The van der Waals surface area contributed by atoms with Gasteiger partial charge < -0.3 is 9.47 Å². The van der Waals surface area contributed by atoms with E-state index < -0.39 is 17.9 Å². The second kappa shape index (κ2) is 6.37. The number of ether oxygens (including phenoxy) is 2. The Morgan fingerprint density at radius 2 is 1.81 bits per heavy atom. The van der Waals surface area contributed by atoms with E-state index in [1.165, 1.54) is 18.2 Å².